The van der Waals surface area contributed by atoms with E-state index in [1.165, 1.54) is 18.3 Å². The molecule has 0 aliphatic carbocycles. The van der Waals surface area contributed by atoms with E-state index in [-0.39, 0.29) is 16.6 Å². The number of sulfonamides is 1. The monoisotopic (exact) mass is 342 g/mol. The van der Waals surface area contributed by atoms with Crippen LogP contribution in [0.1, 0.15) is 11.1 Å². The van der Waals surface area contributed by atoms with E-state index in [9.17, 15) is 8.42 Å². The second-order valence-corrected chi connectivity index (χ2v) is 7.58. The van der Waals surface area contributed by atoms with Gasteiger partial charge in [0.15, 0.2) is 0 Å². The Hall–Kier alpha value is -1.59. The largest absolute Gasteiger partial charge is 0.384 e. The molecule has 2 N–H and O–H groups in total. The number of aryl methyl sites for hydroxylation is 1. The molecule has 0 unspecified atom stereocenters. The second kappa shape index (κ2) is 6.45. The minimum Gasteiger partial charge on any atom is -0.384 e. The van der Waals surface area contributed by atoms with Crippen molar-refractivity contribution in [3.8, 4) is 11.8 Å². The fraction of sp³-hybridized carbons (Fsp3) is 0.154. The van der Waals surface area contributed by atoms with Gasteiger partial charge in [-0.3, -0.25) is 4.72 Å². The quantitative estimate of drug-likeness (QED) is 0.838. The molecule has 2 aromatic heterocycles. The SMILES string of the molecule is Cc1cc(S(=O)(=O)Nc2cc(C#CCO)ccn2)sc1Cl. The lowest BCUT2D eigenvalue weighted by molar-refractivity contribution is 0.350. The van der Waals surface area contributed by atoms with E-state index in [0.717, 1.165) is 11.3 Å². The summed E-state index contributed by atoms with van der Waals surface area (Å²) in [5.74, 6) is 5.32. The fourth-order valence-corrected chi connectivity index (χ4v) is 4.16. The predicted molar refractivity (Wildman–Crippen MR) is 83.1 cm³/mol. The van der Waals surface area contributed by atoms with Crippen molar-refractivity contribution in [2.45, 2.75) is 11.1 Å². The molecule has 0 radical (unpaired) electrons. The zero-order valence-corrected chi connectivity index (χ0v) is 13.3. The summed E-state index contributed by atoms with van der Waals surface area (Å²) in [5.41, 5.74) is 1.26. The van der Waals surface area contributed by atoms with Gasteiger partial charge in [0.25, 0.3) is 10.0 Å². The second-order valence-electron chi connectivity index (χ2n) is 4.02. The van der Waals surface area contributed by atoms with Crippen LogP contribution in [0.3, 0.4) is 0 Å². The normalized spacial score (nSPS) is 10.8. The molecule has 0 saturated carbocycles. The lowest BCUT2D eigenvalue weighted by Crippen LogP contribution is -2.12. The first-order chi connectivity index (χ1) is 9.92. The molecular formula is C13H11ClN2O3S2. The van der Waals surface area contributed by atoms with Crippen LogP contribution in [0.15, 0.2) is 28.6 Å². The van der Waals surface area contributed by atoms with Gasteiger partial charge in [-0.2, -0.15) is 0 Å². The highest BCUT2D eigenvalue weighted by Gasteiger charge is 2.19. The van der Waals surface area contributed by atoms with Crippen molar-refractivity contribution in [3.63, 3.8) is 0 Å². The Morgan fingerprint density at radius 1 is 1.48 bits per heavy atom. The maximum atomic E-state index is 12.2. The number of hydrogen-bond acceptors (Lipinski definition) is 5. The summed E-state index contributed by atoms with van der Waals surface area (Å²) >= 11 is 6.87. The van der Waals surface area contributed by atoms with Crippen LogP contribution in [0, 0.1) is 18.8 Å². The molecule has 0 bridgehead atoms. The van der Waals surface area contributed by atoms with Crippen LogP contribution in [-0.4, -0.2) is 25.1 Å². The van der Waals surface area contributed by atoms with E-state index in [1.54, 1.807) is 13.0 Å². The van der Waals surface area contributed by atoms with Crippen molar-refractivity contribution >= 4 is 38.8 Å². The molecular weight excluding hydrogens is 332 g/mol. The standard InChI is InChI=1S/C13H11ClN2O3S2/c1-9-7-12(20-13(9)14)21(18,19)16-11-8-10(3-2-6-17)4-5-15-11/h4-5,7-8,17H,6H2,1H3,(H,15,16). The zero-order valence-electron chi connectivity index (χ0n) is 10.9. The molecule has 2 heterocycles. The van der Waals surface area contributed by atoms with Crippen LogP contribution >= 0.6 is 22.9 Å². The van der Waals surface area contributed by atoms with Crippen molar-refractivity contribution in [1.82, 2.24) is 4.98 Å². The number of nitrogens with one attached hydrogen (secondary N) is 1. The van der Waals surface area contributed by atoms with Gasteiger partial charge >= 0.3 is 0 Å². The van der Waals surface area contributed by atoms with Gasteiger partial charge in [0.1, 0.15) is 16.6 Å². The Kier molecular flexibility index (Phi) is 4.85. The fourth-order valence-electron chi connectivity index (χ4n) is 1.46. The molecule has 2 aromatic rings. The maximum absolute atomic E-state index is 12.2. The van der Waals surface area contributed by atoms with Crippen LogP contribution in [0.2, 0.25) is 4.34 Å². The Morgan fingerprint density at radius 3 is 2.86 bits per heavy atom. The summed E-state index contributed by atoms with van der Waals surface area (Å²) in [6.07, 6.45) is 1.44. The number of halogens is 1. The summed E-state index contributed by atoms with van der Waals surface area (Å²) in [4.78, 5) is 3.94. The highest BCUT2D eigenvalue weighted by molar-refractivity contribution is 7.94. The zero-order chi connectivity index (χ0) is 15.5. The number of nitrogens with zero attached hydrogens (tertiary/aromatic N) is 1. The van der Waals surface area contributed by atoms with Crippen molar-refractivity contribution in [2.75, 3.05) is 11.3 Å². The Labute approximate surface area is 131 Å². The topological polar surface area (TPSA) is 79.3 Å². The first-order valence-corrected chi connectivity index (χ1v) is 8.44. The van der Waals surface area contributed by atoms with E-state index >= 15 is 0 Å². The third-order valence-electron chi connectivity index (χ3n) is 2.41. The van der Waals surface area contributed by atoms with Crippen molar-refractivity contribution in [2.24, 2.45) is 0 Å². The van der Waals surface area contributed by atoms with E-state index in [2.05, 4.69) is 21.5 Å². The number of aromatic nitrogens is 1. The van der Waals surface area contributed by atoms with Crippen LogP contribution in [-0.2, 0) is 10.0 Å². The predicted octanol–water partition coefficient (Wildman–Crippen LogP) is 2.25. The van der Waals surface area contributed by atoms with Crippen molar-refractivity contribution < 1.29 is 13.5 Å². The third-order valence-corrected chi connectivity index (χ3v) is 5.79. The molecule has 8 heteroatoms. The van der Waals surface area contributed by atoms with Crippen LogP contribution in [0.25, 0.3) is 0 Å². The molecule has 5 nitrogen and oxygen atoms in total. The molecule has 0 atom stereocenters. The van der Waals surface area contributed by atoms with E-state index in [4.69, 9.17) is 16.7 Å². The number of thiophene rings is 1. The number of aliphatic hydroxyl groups is 1. The Balaban J connectivity index is 2.28. The van der Waals surface area contributed by atoms with Gasteiger partial charge in [0.2, 0.25) is 0 Å². The first kappa shape index (κ1) is 15.8. The van der Waals surface area contributed by atoms with E-state index in [0.29, 0.717) is 15.5 Å². The average molecular weight is 343 g/mol. The molecule has 0 spiro atoms. The first-order valence-electron chi connectivity index (χ1n) is 5.77. The smallest absolute Gasteiger partial charge is 0.272 e. The van der Waals surface area contributed by atoms with Crippen molar-refractivity contribution in [1.29, 1.82) is 0 Å². The molecule has 0 fully saturated rings. The minimum atomic E-state index is -3.73. The molecule has 0 aliphatic rings. The van der Waals surface area contributed by atoms with Gasteiger partial charge in [0, 0.05) is 11.8 Å². The highest BCUT2D eigenvalue weighted by atomic mass is 35.5. The lowest BCUT2D eigenvalue weighted by Gasteiger charge is -2.05. The van der Waals surface area contributed by atoms with E-state index in [1.807, 2.05) is 0 Å². The van der Waals surface area contributed by atoms with Gasteiger partial charge in [-0.05, 0) is 30.7 Å². The van der Waals surface area contributed by atoms with Crippen molar-refractivity contribution in [3.05, 3.63) is 39.9 Å². The average Bonchev–Trinajstić information content (AvgIpc) is 2.77. The van der Waals surface area contributed by atoms with E-state index < -0.39 is 10.0 Å². The summed E-state index contributed by atoms with van der Waals surface area (Å²) in [5, 5.41) is 8.65. The Morgan fingerprint density at radius 2 is 2.24 bits per heavy atom. The number of hydrogen-bond donors (Lipinski definition) is 2. The molecule has 0 aromatic carbocycles. The van der Waals surface area contributed by atoms with Gasteiger partial charge < -0.3 is 5.11 Å². The summed E-state index contributed by atoms with van der Waals surface area (Å²) in [7, 11) is -3.73. The van der Waals surface area contributed by atoms with Crippen LogP contribution < -0.4 is 4.72 Å². The van der Waals surface area contributed by atoms with Gasteiger partial charge in [-0.1, -0.05) is 23.4 Å². The molecule has 0 saturated heterocycles. The van der Waals surface area contributed by atoms with Gasteiger partial charge in [-0.25, -0.2) is 13.4 Å². The number of anilines is 1. The minimum absolute atomic E-state index is 0.124. The lowest BCUT2D eigenvalue weighted by atomic mass is 10.2. The highest BCUT2D eigenvalue weighted by Crippen LogP contribution is 2.30. The summed E-state index contributed by atoms with van der Waals surface area (Å²) in [6, 6.07) is 4.61. The molecule has 0 aliphatic heterocycles. The number of aliphatic hydroxyl groups excluding tert-OH is 1. The van der Waals surface area contributed by atoms with Gasteiger partial charge in [-0.15, -0.1) is 11.3 Å². The summed E-state index contributed by atoms with van der Waals surface area (Å²) in [6.45, 7) is 1.47. The molecule has 21 heavy (non-hydrogen) atoms. The molecule has 2 rings (SSSR count). The van der Waals surface area contributed by atoms with Gasteiger partial charge in [0.05, 0.1) is 4.34 Å². The third kappa shape index (κ3) is 3.95. The Bertz CT molecular complexity index is 800. The summed E-state index contributed by atoms with van der Waals surface area (Å²) < 4.78 is 27.4. The molecule has 110 valence electrons. The van der Waals surface area contributed by atoms with Crippen LogP contribution in [0.5, 0.6) is 0 Å². The van der Waals surface area contributed by atoms with Crippen LogP contribution in [0.4, 0.5) is 5.82 Å². The number of rotatable bonds is 3. The molecule has 0 amide bonds. The maximum Gasteiger partial charge on any atom is 0.272 e. The number of pyridine rings is 1.